The number of non-ortho nitro benzene ring substituents is 1. The first-order valence-corrected chi connectivity index (χ1v) is 8.18. The van der Waals surface area contributed by atoms with Crippen molar-refractivity contribution in [3.63, 3.8) is 0 Å². The Hall–Kier alpha value is -3.43. The van der Waals surface area contributed by atoms with Crippen LogP contribution < -0.4 is 10.2 Å². The maximum Gasteiger partial charge on any atom is 0.416 e. The van der Waals surface area contributed by atoms with E-state index in [0.717, 1.165) is 12.1 Å². The third-order valence-electron chi connectivity index (χ3n) is 4.33. The van der Waals surface area contributed by atoms with E-state index >= 15 is 0 Å². The highest BCUT2D eigenvalue weighted by Gasteiger charge is 2.36. The molecule has 2 aromatic carbocycles. The number of rotatable bonds is 4. The summed E-state index contributed by atoms with van der Waals surface area (Å²) in [4.78, 5) is 36.0. The van der Waals surface area contributed by atoms with Crippen molar-refractivity contribution in [3.8, 4) is 0 Å². The van der Waals surface area contributed by atoms with E-state index in [1.54, 1.807) is 0 Å². The highest BCUT2D eigenvalue weighted by Crippen LogP contribution is 2.31. The minimum atomic E-state index is -4.53. The van der Waals surface area contributed by atoms with Crippen molar-refractivity contribution in [2.24, 2.45) is 5.92 Å². The first-order chi connectivity index (χ1) is 13.1. The molecule has 0 bridgehead atoms. The first-order valence-electron chi connectivity index (χ1n) is 8.18. The number of halogens is 3. The summed E-state index contributed by atoms with van der Waals surface area (Å²) >= 11 is 0. The largest absolute Gasteiger partial charge is 0.416 e. The molecule has 146 valence electrons. The van der Waals surface area contributed by atoms with Gasteiger partial charge in [0.1, 0.15) is 0 Å². The van der Waals surface area contributed by atoms with Crippen LogP contribution in [0.5, 0.6) is 0 Å². The van der Waals surface area contributed by atoms with Gasteiger partial charge in [-0.1, -0.05) is 6.07 Å². The zero-order chi connectivity index (χ0) is 20.5. The summed E-state index contributed by atoms with van der Waals surface area (Å²) in [5.74, 6) is -1.67. The molecular formula is C18H14F3N3O4. The van der Waals surface area contributed by atoms with Gasteiger partial charge in [-0.3, -0.25) is 19.7 Å². The van der Waals surface area contributed by atoms with Gasteiger partial charge in [-0.25, -0.2) is 0 Å². The third kappa shape index (κ3) is 4.11. The van der Waals surface area contributed by atoms with Crippen molar-refractivity contribution in [1.82, 2.24) is 0 Å². The Balaban J connectivity index is 1.69. The number of nitro benzene ring substituents is 1. The van der Waals surface area contributed by atoms with Crippen LogP contribution in [0, 0.1) is 16.0 Å². The topological polar surface area (TPSA) is 92.6 Å². The number of nitro groups is 1. The van der Waals surface area contributed by atoms with Crippen LogP contribution in [-0.2, 0) is 15.8 Å². The van der Waals surface area contributed by atoms with Crippen molar-refractivity contribution < 1.29 is 27.7 Å². The molecule has 1 saturated heterocycles. The molecule has 1 aliphatic rings. The number of hydrogen-bond acceptors (Lipinski definition) is 4. The molecular weight excluding hydrogens is 379 g/mol. The molecule has 1 N–H and O–H groups in total. The summed E-state index contributed by atoms with van der Waals surface area (Å²) in [7, 11) is 0. The Labute approximate surface area is 156 Å². The summed E-state index contributed by atoms with van der Waals surface area (Å²) in [5, 5.41) is 13.1. The summed E-state index contributed by atoms with van der Waals surface area (Å²) < 4.78 is 38.3. The minimum Gasteiger partial charge on any atom is -0.326 e. The molecule has 1 fully saturated rings. The molecule has 3 rings (SSSR count). The molecule has 0 aliphatic carbocycles. The predicted octanol–water partition coefficient (Wildman–Crippen LogP) is 3.61. The molecule has 0 saturated carbocycles. The van der Waals surface area contributed by atoms with Gasteiger partial charge in [-0.2, -0.15) is 13.2 Å². The molecule has 10 heteroatoms. The molecule has 2 amide bonds. The van der Waals surface area contributed by atoms with Gasteiger partial charge < -0.3 is 10.2 Å². The van der Waals surface area contributed by atoms with Gasteiger partial charge in [-0.05, 0) is 30.3 Å². The van der Waals surface area contributed by atoms with Crippen molar-refractivity contribution in [2.45, 2.75) is 12.6 Å². The van der Waals surface area contributed by atoms with Crippen molar-refractivity contribution in [2.75, 3.05) is 16.8 Å². The fourth-order valence-corrected chi connectivity index (χ4v) is 2.90. The van der Waals surface area contributed by atoms with E-state index in [2.05, 4.69) is 5.32 Å². The third-order valence-corrected chi connectivity index (χ3v) is 4.33. The number of alkyl halides is 3. The smallest absolute Gasteiger partial charge is 0.326 e. The van der Waals surface area contributed by atoms with Crippen LogP contribution in [-0.4, -0.2) is 23.3 Å². The van der Waals surface area contributed by atoms with Crippen LogP contribution in [0.1, 0.15) is 12.0 Å². The standard InChI is InChI=1S/C18H14F3N3O4/c19-18(20,21)12-2-1-3-13(9-12)22-17(26)11-8-16(25)23(10-11)14-4-6-15(7-5-14)24(27)28/h1-7,9,11H,8,10H2,(H,22,26)/t11-/m1/s1. The Morgan fingerprint density at radius 3 is 2.46 bits per heavy atom. The van der Waals surface area contributed by atoms with E-state index in [0.29, 0.717) is 5.69 Å². The Bertz CT molecular complexity index is 928. The average molecular weight is 393 g/mol. The molecule has 0 unspecified atom stereocenters. The average Bonchev–Trinajstić information content (AvgIpc) is 3.03. The van der Waals surface area contributed by atoms with E-state index in [-0.39, 0.29) is 30.2 Å². The van der Waals surface area contributed by atoms with Gasteiger partial charge in [0.25, 0.3) is 5.69 Å². The summed E-state index contributed by atoms with van der Waals surface area (Å²) in [6, 6.07) is 9.54. The Kier molecular flexibility index (Phi) is 5.04. The summed E-state index contributed by atoms with van der Waals surface area (Å²) in [6.07, 6.45) is -4.64. The number of nitrogens with zero attached hydrogens (tertiary/aromatic N) is 2. The molecule has 2 aromatic rings. The van der Waals surface area contributed by atoms with E-state index in [1.165, 1.54) is 41.3 Å². The second-order valence-corrected chi connectivity index (χ2v) is 6.25. The van der Waals surface area contributed by atoms with E-state index in [4.69, 9.17) is 0 Å². The van der Waals surface area contributed by atoms with E-state index < -0.39 is 28.5 Å². The number of amides is 2. The lowest BCUT2D eigenvalue weighted by molar-refractivity contribution is -0.384. The Morgan fingerprint density at radius 1 is 1.18 bits per heavy atom. The molecule has 0 aromatic heterocycles. The zero-order valence-corrected chi connectivity index (χ0v) is 14.3. The fraction of sp³-hybridized carbons (Fsp3) is 0.222. The molecule has 1 aliphatic heterocycles. The number of carbonyl (C=O) groups is 2. The minimum absolute atomic E-state index is 0.0129. The normalized spacial score (nSPS) is 16.9. The summed E-state index contributed by atoms with van der Waals surface area (Å²) in [5.41, 5.74) is -0.624. The first kappa shape index (κ1) is 19.3. The lowest BCUT2D eigenvalue weighted by atomic mass is 10.1. The quantitative estimate of drug-likeness (QED) is 0.635. The number of hydrogen-bond donors (Lipinski definition) is 1. The molecule has 7 nitrogen and oxygen atoms in total. The maximum atomic E-state index is 12.8. The number of anilines is 2. The molecule has 1 atom stereocenters. The number of nitrogens with one attached hydrogen (secondary N) is 1. The Morgan fingerprint density at radius 2 is 1.86 bits per heavy atom. The van der Waals surface area contributed by atoms with Gasteiger partial charge >= 0.3 is 6.18 Å². The predicted molar refractivity (Wildman–Crippen MR) is 93.6 cm³/mol. The molecule has 1 heterocycles. The van der Waals surface area contributed by atoms with Gasteiger partial charge in [0.2, 0.25) is 11.8 Å². The highest BCUT2D eigenvalue weighted by molar-refractivity contribution is 6.03. The van der Waals surface area contributed by atoms with Crippen LogP contribution in [0.3, 0.4) is 0 Å². The van der Waals surface area contributed by atoms with E-state index in [1.807, 2.05) is 0 Å². The fourth-order valence-electron chi connectivity index (χ4n) is 2.90. The summed E-state index contributed by atoms with van der Waals surface area (Å²) in [6.45, 7) is 0.0292. The van der Waals surface area contributed by atoms with Crippen LogP contribution >= 0.6 is 0 Å². The van der Waals surface area contributed by atoms with Crippen LogP contribution in [0.4, 0.5) is 30.2 Å². The van der Waals surface area contributed by atoms with Gasteiger partial charge in [0, 0.05) is 36.5 Å². The van der Waals surface area contributed by atoms with Gasteiger partial charge in [-0.15, -0.1) is 0 Å². The van der Waals surface area contributed by atoms with Crippen molar-refractivity contribution >= 4 is 28.9 Å². The molecule has 0 radical (unpaired) electrons. The highest BCUT2D eigenvalue weighted by atomic mass is 19.4. The lowest BCUT2D eigenvalue weighted by Gasteiger charge is -2.16. The van der Waals surface area contributed by atoms with E-state index in [9.17, 15) is 32.9 Å². The molecule has 28 heavy (non-hydrogen) atoms. The molecule has 0 spiro atoms. The maximum absolute atomic E-state index is 12.8. The number of benzene rings is 2. The monoisotopic (exact) mass is 393 g/mol. The van der Waals surface area contributed by atoms with Gasteiger partial charge in [0.15, 0.2) is 0 Å². The van der Waals surface area contributed by atoms with Gasteiger partial charge in [0.05, 0.1) is 16.4 Å². The van der Waals surface area contributed by atoms with Crippen LogP contribution in [0.25, 0.3) is 0 Å². The van der Waals surface area contributed by atoms with Crippen molar-refractivity contribution in [1.29, 1.82) is 0 Å². The zero-order valence-electron chi connectivity index (χ0n) is 14.3. The second kappa shape index (κ2) is 7.29. The second-order valence-electron chi connectivity index (χ2n) is 6.25. The number of carbonyl (C=O) groups excluding carboxylic acids is 2. The van der Waals surface area contributed by atoms with Crippen molar-refractivity contribution in [3.05, 3.63) is 64.2 Å². The SMILES string of the molecule is O=C(Nc1cccc(C(F)(F)F)c1)[C@@H]1CC(=O)N(c2ccc([N+](=O)[O-])cc2)C1. The lowest BCUT2D eigenvalue weighted by Crippen LogP contribution is -2.28. The van der Waals surface area contributed by atoms with Crippen LogP contribution in [0.15, 0.2) is 48.5 Å². The van der Waals surface area contributed by atoms with Crippen LogP contribution in [0.2, 0.25) is 0 Å².